The van der Waals surface area contributed by atoms with Gasteiger partial charge in [0.1, 0.15) is 5.75 Å². The highest BCUT2D eigenvalue weighted by atomic mass is 16.5. The minimum absolute atomic E-state index is 0.0702. The van der Waals surface area contributed by atoms with Gasteiger partial charge in [-0.2, -0.15) is 15.1 Å². The number of carbonyl (C=O) groups is 1. The van der Waals surface area contributed by atoms with E-state index in [1.165, 1.54) is 20.4 Å². The predicted molar refractivity (Wildman–Crippen MR) is 96.8 cm³/mol. The van der Waals surface area contributed by atoms with Crippen LogP contribution in [0.5, 0.6) is 23.5 Å². The second-order valence-corrected chi connectivity index (χ2v) is 6.32. The van der Waals surface area contributed by atoms with E-state index in [1.54, 1.807) is 24.3 Å². The second kappa shape index (κ2) is 8.28. The number of hydrogen-bond acceptors (Lipinski definition) is 7. The van der Waals surface area contributed by atoms with Gasteiger partial charge in [-0.25, -0.2) is 5.43 Å². The van der Waals surface area contributed by atoms with Crippen LogP contribution in [0.4, 0.5) is 0 Å². The van der Waals surface area contributed by atoms with Gasteiger partial charge in [0, 0.05) is 11.0 Å². The van der Waals surface area contributed by atoms with Gasteiger partial charge in [-0.05, 0) is 12.1 Å². The van der Waals surface area contributed by atoms with Crippen molar-refractivity contribution in [2.45, 2.75) is 20.8 Å². The van der Waals surface area contributed by atoms with E-state index in [-0.39, 0.29) is 11.9 Å². The molecular weight excluding hydrogens is 336 g/mol. The Kier molecular flexibility index (Phi) is 6.11. The molecule has 2 rings (SSSR count). The molecule has 0 aliphatic heterocycles. The molecule has 1 N–H and O–H groups in total. The predicted octanol–water partition coefficient (Wildman–Crippen LogP) is 2.78. The molecule has 0 radical (unpaired) electrons. The van der Waals surface area contributed by atoms with Crippen LogP contribution in [0.3, 0.4) is 0 Å². The molecule has 0 bridgehead atoms. The fourth-order valence-electron chi connectivity index (χ4n) is 1.75. The van der Waals surface area contributed by atoms with Crippen molar-refractivity contribution in [1.82, 2.24) is 15.4 Å². The van der Waals surface area contributed by atoms with Crippen LogP contribution in [-0.2, 0) is 4.79 Å². The fourth-order valence-corrected chi connectivity index (χ4v) is 1.75. The van der Waals surface area contributed by atoms with Crippen LogP contribution in [0.1, 0.15) is 26.3 Å². The Morgan fingerprint density at radius 2 is 1.73 bits per heavy atom. The summed E-state index contributed by atoms with van der Waals surface area (Å²) in [7, 11) is 2.98. The number of nitrogens with zero attached hydrogens (tertiary/aromatic N) is 3. The monoisotopic (exact) mass is 358 g/mol. The van der Waals surface area contributed by atoms with E-state index in [0.717, 1.165) is 0 Å². The summed E-state index contributed by atoms with van der Waals surface area (Å²) in [4.78, 5) is 20.1. The van der Waals surface area contributed by atoms with Crippen molar-refractivity contribution >= 4 is 12.1 Å². The van der Waals surface area contributed by atoms with Gasteiger partial charge in [0.15, 0.2) is 0 Å². The third kappa shape index (κ3) is 5.17. The number of nitrogens with one attached hydrogen (secondary N) is 1. The van der Waals surface area contributed by atoms with Gasteiger partial charge >= 0.3 is 6.01 Å². The van der Waals surface area contributed by atoms with Crippen molar-refractivity contribution in [2.75, 3.05) is 14.2 Å². The lowest BCUT2D eigenvalue weighted by Crippen LogP contribution is -2.31. The molecule has 0 aliphatic rings. The Balaban J connectivity index is 2.20. The number of ether oxygens (including phenoxy) is 3. The number of hydrazone groups is 1. The molecule has 0 saturated carbocycles. The third-order valence-corrected chi connectivity index (χ3v) is 3.25. The molecule has 138 valence electrons. The van der Waals surface area contributed by atoms with E-state index in [9.17, 15) is 4.79 Å². The van der Waals surface area contributed by atoms with Crippen molar-refractivity contribution < 1.29 is 19.0 Å². The van der Waals surface area contributed by atoms with E-state index in [4.69, 9.17) is 14.2 Å². The van der Waals surface area contributed by atoms with Gasteiger partial charge in [-0.1, -0.05) is 32.9 Å². The minimum Gasteiger partial charge on any atom is -0.481 e. The lowest BCUT2D eigenvalue weighted by molar-refractivity contribution is -0.128. The van der Waals surface area contributed by atoms with E-state index in [0.29, 0.717) is 23.1 Å². The molecule has 1 aromatic heterocycles. The van der Waals surface area contributed by atoms with Crippen molar-refractivity contribution in [2.24, 2.45) is 10.5 Å². The molecule has 0 atom stereocenters. The number of carbonyl (C=O) groups excluding carboxylic acids is 1. The molecule has 1 amide bonds. The Hall–Kier alpha value is -3.16. The standard InChI is InChI=1S/C18H22N4O4/c1-18(2,3)16(23)22-19-11-12-8-6-7-9-13(12)26-17-20-14(24-4)10-15(21-17)25-5/h6-11H,1-5H3,(H,22,23). The maximum absolute atomic E-state index is 11.9. The average Bonchev–Trinajstić information content (AvgIpc) is 2.61. The number of benzene rings is 1. The van der Waals surface area contributed by atoms with Gasteiger partial charge in [0.25, 0.3) is 0 Å². The summed E-state index contributed by atoms with van der Waals surface area (Å²) in [6, 6.07) is 8.77. The highest BCUT2D eigenvalue weighted by Gasteiger charge is 2.20. The highest BCUT2D eigenvalue weighted by Crippen LogP contribution is 2.25. The van der Waals surface area contributed by atoms with Gasteiger partial charge < -0.3 is 14.2 Å². The number of hydrogen-bond donors (Lipinski definition) is 1. The Bertz CT molecular complexity index is 778. The lowest BCUT2D eigenvalue weighted by atomic mass is 9.96. The molecule has 0 fully saturated rings. The summed E-state index contributed by atoms with van der Waals surface area (Å²) in [5.41, 5.74) is 2.62. The van der Waals surface area contributed by atoms with E-state index >= 15 is 0 Å². The average molecular weight is 358 g/mol. The first kappa shape index (κ1) is 19.2. The summed E-state index contributed by atoms with van der Waals surface area (Å²) in [5, 5.41) is 3.98. The van der Waals surface area contributed by atoms with E-state index in [1.807, 2.05) is 26.8 Å². The zero-order valence-electron chi connectivity index (χ0n) is 15.4. The van der Waals surface area contributed by atoms with Gasteiger partial charge in [0.05, 0.1) is 26.5 Å². The number of aromatic nitrogens is 2. The molecule has 1 heterocycles. The van der Waals surface area contributed by atoms with Gasteiger partial charge in [-0.3, -0.25) is 4.79 Å². The van der Waals surface area contributed by atoms with Crippen LogP contribution >= 0.6 is 0 Å². The quantitative estimate of drug-likeness (QED) is 0.630. The molecule has 8 nitrogen and oxygen atoms in total. The Labute approximate surface area is 152 Å². The number of rotatable bonds is 6. The first-order valence-corrected chi connectivity index (χ1v) is 7.91. The van der Waals surface area contributed by atoms with E-state index in [2.05, 4.69) is 20.5 Å². The normalized spacial score (nSPS) is 11.3. The molecule has 0 spiro atoms. The molecule has 0 unspecified atom stereocenters. The van der Waals surface area contributed by atoms with E-state index < -0.39 is 5.41 Å². The molecule has 1 aromatic carbocycles. The van der Waals surface area contributed by atoms with Crippen molar-refractivity contribution in [1.29, 1.82) is 0 Å². The first-order chi connectivity index (χ1) is 12.3. The second-order valence-electron chi connectivity index (χ2n) is 6.32. The molecule has 0 aliphatic carbocycles. The molecule has 26 heavy (non-hydrogen) atoms. The van der Waals surface area contributed by atoms with Crippen LogP contribution in [0.25, 0.3) is 0 Å². The Morgan fingerprint density at radius 3 is 2.31 bits per heavy atom. The summed E-state index contributed by atoms with van der Waals surface area (Å²) < 4.78 is 15.9. The molecule has 0 saturated heterocycles. The number of amides is 1. The summed E-state index contributed by atoms with van der Waals surface area (Å²) in [6.07, 6.45) is 1.50. The minimum atomic E-state index is -0.529. The van der Waals surface area contributed by atoms with Gasteiger partial charge in [0.2, 0.25) is 17.7 Å². The third-order valence-electron chi connectivity index (χ3n) is 3.25. The van der Waals surface area contributed by atoms with Gasteiger partial charge in [-0.15, -0.1) is 0 Å². The lowest BCUT2D eigenvalue weighted by Gasteiger charge is -2.14. The number of para-hydroxylation sites is 1. The Morgan fingerprint density at radius 1 is 1.12 bits per heavy atom. The van der Waals surface area contributed by atoms with Crippen LogP contribution < -0.4 is 19.6 Å². The largest absolute Gasteiger partial charge is 0.481 e. The summed E-state index contributed by atoms with van der Waals surface area (Å²) >= 11 is 0. The molecule has 8 heteroatoms. The zero-order chi connectivity index (χ0) is 19.2. The highest BCUT2D eigenvalue weighted by molar-refractivity contribution is 5.86. The summed E-state index contributed by atoms with van der Waals surface area (Å²) in [5.74, 6) is 0.912. The fraction of sp³-hybridized carbons (Fsp3) is 0.333. The molecular formula is C18H22N4O4. The van der Waals surface area contributed by atoms with Crippen LogP contribution in [0.15, 0.2) is 35.4 Å². The zero-order valence-corrected chi connectivity index (χ0v) is 15.4. The maximum Gasteiger partial charge on any atom is 0.328 e. The molecule has 2 aromatic rings. The number of methoxy groups -OCH3 is 2. The smallest absolute Gasteiger partial charge is 0.328 e. The van der Waals surface area contributed by atoms with Crippen LogP contribution in [0, 0.1) is 5.41 Å². The van der Waals surface area contributed by atoms with Crippen LogP contribution in [-0.4, -0.2) is 36.3 Å². The van der Waals surface area contributed by atoms with Crippen molar-refractivity contribution in [3.8, 4) is 23.5 Å². The topological polar surface area (TPSA) is 94.9 Å². The first-order valence-electron chi connectivity index (χ1n) is 7.91. The maximum atomic E-state index is 11.9. The SMILES string of the molecule is COc1cc(OC)nc(Oc2ccccc2C=NNC(=O)C(C)(C)C)n1. The van der Waals surface area contributed by atoms with Crippen molar-refractivity contribution in [3.05, 3.63) is 35.9 Å². The van der Waals surface area contributed by atoms with Crippen molar-refractivity contribution in [3.63, 3.8) is 0 Å². The van der Waals surface area contributed by atoms with Crippen LogP contribution in [0.2, 0.25) is 0 Å². The summed E-state index contributed by atoms with van der Waals surface area (Å²) in [6.45, 7) is 5.42.